The third-order valence-corrected chi connectivity index (χ3v) is 8.06. The number of pyridine rings is 1. The number of rotatable bonds is 7. The molecule has 198 valence electrons. The van der Waals surface area contributed by atoms with Gasteiger partial charge in [-0.3, -0.25) is 9.78 Å². The van der Waals surface area contributed by atoms with Gasteiger partial charge in [0, 0.05) is 36.3 Å². The lowest BCUT2D eigenvalue weighted by Gasteiger charge is -2.21. The molecule has 1 saturated heterocycles. The first-order valence-electron chi connectivity index (χ1n) is 11.6. The van der Waals surface area contributed by atoms with Crippen LogP contribution in [0.3, 0.4) is 0 Å². The van der Waals surface area contributed by atoms with Gasteiger partial charge in [-0.2, -0.15) is 17.5 Å². The summed E-state index contributed by atoms with van der Waals surface area (Å²) in [6.07, 6.45) is -1.58. The van der Waals surface area contributed by atoms with Crippen molar-refractivity contribution in [3.63, 3.8) is 0 Å². The Hall–Kier alpha value is -3.71. The van der Waals surface area contributed by atoms with E-state index >= 15 is 0 Å². The molecule has 0 saturated carbocycles. The fraction of sp³-hybridized carbons (Fsp3) is 0.280. The lowest BCUT2D eigenvalue weighted by molar-refractivity contribution is -0.137. The molecule has 0 aliphatic carbocycles. The molecular formula is C25H20F4N4O4S. The number of halogens is 4. The van der Waals surface area contributed by atoms with E-state index in [2.05, 4.69) is 15.0 Å². The Bertz CT molecular complexity index is 1600. The maximum atomic E-state index is 13.5. The summed E-state index contributed by atoms with van der Waals surface area (Å²) in [5, 5.41) is -0.0602. The van der Waals surface area contributed by atoms with E-state index in [0.29, 0.717) is 35.8 Å². The van der Waals surface area contributed by atoms with E-state index in [9.17, 15) is 30.8 Å². The summed E-state index contributed by atoms with van der Waals surface area (Å²) in [6.45, 7) is 0.140. The zero-order chi connectivity index (χ0) is 27.1. The van der Waals surface area contributed by atoms with Crippen molar-refractivity contribution >= 4 is 26.8 Å². The van der Waals surface area contributed by atoms with Crippen molar-refractivity contribution in [2.75, 3.05) is 6.54 Å². The van der Waals surface area contributed by atoms with Crippen LogP contribution in [0.4, 0.5) is 17.6 Å². The number of alkyl halides is 3. The molecule has 4 aromatic rings. The van der Waals surface area contributed by atoms with Crippen LogP contribution in [0.2, 0.25) is 0 Å². The zero-order valence-electron chi connectivity index (χ0n) is 19.7. The van der Waals surface area contributed by atoms with Crippen molar-refractivity contribution in [2.45, 2.75) is 43.0 Å². The highest BCUT2D eigenvalue weighted by Crippen LogP contribution is 2.32. The molecule has 1 aliphatic rings. The third kappa shape index (κ3) is 5.16. The Labute approximate surface area is 214 Å². The van der Waals surface area contributed by atoms with Crippen LogP contribution in [0.5, 0.6) is 0 Å². The van der Waals surface area contributed by atoms with Gasteiger partial charge in [-0.15, -0.1) is 0 Å². The molecule has 0 amide bonds. The van der Waals surface area contributed by atoms with Crippen molar-refractivity contribution in [1.82, 2.24) is 19.3 Å². The molecule has 38 heavy (non-hydrogen) atoms. The summed E-state index contributed by atoms with van der Waals surface area (Å²) in [6, 6.07) is 7.66. The van der Waals surface area contributed by atoms with Gasteiger partial charge in [0.1, 0.15) is 17.7 Å². The average molecular weight is 549 g/mol. The van der Waals surface area contributed by atoms with E-state index in [-0.39, 0.29) is 41.5 Å². The van der Waals surface area contributed by atoms with Crippen molar-refractivity contribution in [3.8, 4) is 11.4 Å². The molecule has 0 radical (unpaired) electrons. The second-order valence-corrected chi connectivity index (χ2v) is 10.6. The standard InChI is InChI=1S/C25H20F4N4O4S/c26-17-4-8-23-15(10-17)11-24(37-23)38(35,36)33-9-1-2-21(33)22(34)7-5-18-12-20(32-14-31-18)19-6-3-16(13-30-19)25(27,28)29/h3-4,6,8,10-14,21H,1-2,5,7,9H2/t21-/m0/s1. The maximum absolute atomic E-state index is 13.5. The number of hydrogen-bond acceptors (Lipinski definition) is 7. The molecule has 5 rings (SSSR count). The van der Waals surface area contributed by atoms with E-state index in [4.69, 9.17) is 4.42 Å². The van der Waals surface area contributed by atoms with Crippen LogP contribution in [-0.4, -0.2) is 46.0 Å². The van der Waals surface area contributed by atoms with Gasteiger partial charge >= 0.3 is 6.18 Å². The van der Waals surface area contributed by atoms with E-state index in [1.54, 1.807) is 0 Å². The number of ketones is 1. The molecular weight excluding hydrogens is 528 g/mol. The number of carbonyl (C=O) groups excluding carboxylic acids is 1. The van der Waals surface area contributed by atoms with Gasteiger partial charge < -0.3 is 4.42 Å². The SMILES string of the molecule is O=C(CCc1cc(-c2ccc(C(F)(F)F)cn2)ncn1)[C@@H]1CCCN1S(=O)(=O)c1cc2cc(F)ccc2o1. The van der Waals surface area contributed by atoms with Crippen molar-refractivity contribution in [2.24, 2.45) is 0 Å². The summed E-state index contributed by atoms with van der Waals surface area (Å²) in [7, 11) is -4.14. The summed E-state index contributed by atoms with van der Waals surface area (Å²) in [5.41, 5.74) is 0.298. The predicted octanol–water partition coefficient (Wildman–Crippen LogP) is 4.80. The topological polar surface area (TPSA) is 106 Å². The Morgan fingerprint density at radius 1 is 1.05 bits per heavy atom. The fourth-order valence-corrected chi connectivity index (χ4v) is 6.02. The van der Waals surface area contributed by atoms with Crippen LogP contribution >= 0.6 is 0 Å². The first-order chi connectivity index (χ1) is 18.0. The number of benzene rings is 1. The van der Waals surface area contributed by atoms with Crippen LogP contribution in [-0.2, 0) is 27.4 Å². The van der Waals surface area contributed by atoms with E-state index in [0.717, 1.165) is 16.4 Å². The van der Waals surface area contributed by atoms with Crippen molar-refractivity contribution in [3.05, 3.63) is 72.1 Å². The summed E-state index contributed by atoms with van der Waals surface area (Å²) in [4.78, 5) is 25.0. The second kappa shape index (κ2) is 9.87. The molecule has 3 aromatic heterocycles. The Kier molecular flexibility index (Phi) is 6.73. The number of Topliss-reactive ketones (excluding diaryl/α,β-unsaturated/α-hetero) is 1. The van der Waals surface area contributed by atoms with Gasteiger partial charge in [0.25, 0.3) is 10.0 Å². The zero-order valence-corrected chi connectivity index (χ0v) is 20.5. The van der Waals surface area contributed by atoms with E-state index < -0.39 is 33.6 Å². The smallest absolute Gasteiger partial charge is 0.417 e. The molecule has 1 fully saturated rings. The highest BCUT2D eigenvalue weighted by molar-refractivity contribution is 7.89. The Morgan fingerprint density at radius 3 is 2.61 bits per heavy atom. The van der Waals surface area contributed by atoms with Gasteiger partial charge in [0.2, 0.25) is 5.09 Å². The lowest BCUT2D eigenvalue weighted by Crippen LogP contribution is -2.40. The highest BCUT2D eigenvalue weighted by atomic mass is 32.2. The molecule has 1 atom stereocenters. The molecule has 0 unspecified atom stereocenters. The first-order valence-corrected chi connectivity index (χ1v) is 13.0. The predicted molar refractivity (Wildman–Crippen MR) is 127 cm³/mol. The number of fused-ring (bicyclic) bond motifs is 1. The molecule has 0 spiro atoms. The van der Waals surface area contributed by atoms with E-state index in [1.807, 2.05) is 0 Å². The number of nitrogens with zero attached hydrogens (tertiary/aromatic N) is 4. The third-order valence-electron chi connectivity index (χ3n) is 6.30. The van der Waals surface area contributed by atoms with Crippen LogP contribution in [0, 0.1) is 5.82 Å². The Balaban J connectivity index is 1.28. The molecule has 0 N–H and O–H groups in total. The number of aryl methyl sites for hydroxylation is 1. The monoisotopic (exact) mass is 548 g/mol. The number of furan rings is 1. The number of carbonyl (C=O) groups is 1. The first kappa shape index (κ1) is 25.9. The maximum Gasteiger partial charge on any atom is 0.417 e. The normalized spacial score (nSPS) is 16.8. The minimum Gasteiger partial charge on any atom is -0.443 e. The summed E-state index contributed by atoms with van der Waals surface area (Å²) < 4.78 is 85.0. The van der Waals surface area contributed by atoms with Crippen molar-refractivity contribution < 1.29 is 35.2 Å². The molecule has 1 aliphatic heterocycles. The fourth-order valence-electron chi connectivity index (χ4n) is 4.39. The van der Waals surface area contributed by atoms with Gasteiger partial charge in [0.05, 0.1) is 23.0 Å². The summed E-state index contributed by atoms with van der Waals surface area (Å²) >= 11 is 0. The lowest BCUT2D eigenvalue weighted by atomic mass is 10.0. The number of hydrogen-bond donors (Lipinski definition) is 0. The van der Waals surface area contributed by atoms with Crippen LogP contribution in [0.1, 0.15) is 30.5 Å². The minimum absolute atomic E-state index is 0.0150. The van der Waals surface area contributed by atoms with Crippen LogP contribution in [0.25, 0.3) is 22.4 Å². The molecule has 8 nitrogen and oxygen atoms in total. The molecule has 1 aromatic carbocycles. The quantitative estimate of drug-likeness (QED) is 0.306. The molecule has 4 heterocycles. The van der Waals surface area contributed by atoms with Gasteiger partial charge in [0.15, 0.2) is 5.78 Å². The highest BCUT2D eigenvalue weighted by Gasteiger charge is 2.40. The minimum atomic E-state index is -4.51. The summed E-state index contributed by atoms with van der Waals surface area (Å²) in [5.74, 6) is -0.834. The van der Waals surface area contributed by atoms with Gasteiger partial charge in [-0.1, -0.05) is 0 Å². The largest absolute Gasteiger partial charge is 0.443 e. The second-order valence-electron chi connectivity index (χ2n) is 8.81. The average Bonchev–Trinajstić information content (AvgIpc) is 3.55. The van der Waals surface area contributed by atoms with Gasteiger partial charge in [-0.25, -0.2) is 22.8 Å². The molecule has 0 bridgehead atoms. The van der Waals surface area contributed by atoms with E-state index in [1.165, 1.54) is 36.7 Å². The number of sulfonamides is 1. The Morgan fingerprint density at radius 2 is 1.87 bits per heavy atom. The van der Waals surface area contributed by atoms with Crippen LogP contribution < -0.4 is 0 Å². The molecule has 13 heteroatoms. The van der Waals surface area contributed by atoms with Gasteiger partial charge in [-0.05, 0) is 55.7 Å². The van der Waals surface area contributed by atoms with Crippen LogP contribution in [0.15, 0.2) is 64.5 Å². The number of aromatic nitrogens is 3. The van der Waals surface area contributed by atoms with Crippen molar-refractivity contribution in [1.29, 1.82) is 0 Å².